The monoisotopic (exact) mass is 401 g/mol. The van der Waals surface area contributed by atoms with Crippen molar-refractivity contribution in [3.63, 3.8) is 0 Å². The van der Waals surface area contributed by atoms with Crippen molar-refractivity contribution in [2.24, 2.45) is 11.8 Å². The van der Waals surface area contributed by atoms with Crippen LogP contribution in [0.2, 0.25) is 5.02 Å². The topological polar surface area (TPSA) is 58.9 Å². The summed E-state index contributed by atoms with van der Waals surface area (Å²) in [6.07, 6.45) is 1.87. The van der Waals surface area contributed by atoms with E-state index in [4.69, 9.17) is 11.6 Å². The Hall–Kier alpha value is -2.02. The van der Waals surface area contributed by atoms with Crippen molar-refractivity contribution in [3.8, 4) is 0 Å². The van der Waals surface area contributed by atoms with Crippen molar-refractivity contribution in [2.45, 2.75) is 24.9 Å². The molecule has 1 aromatic carbocycles. The van der Waals surface area contributed by atoms with Crippen LogP contribution < -0.4 is 9.80 Å². The molecule has 0 aliphatic carbocycles. The Balaban J connectivity index is 1.56. The molecule has 138 valence electrons. The van der Waals surface area contributed by atoms with E-state index in [1.165, 1.54) is 16.2 Å². The number of nitrogens with one attached hydrogen (secondary N) is 1. The number of benzene rings is 1. The van der Waals surface area contributed by atoms with Gasteiger partial charge in [-0.05, 0) is 35.7 Å². The van der Waals surface area contributed by atoms with Crippen molar-refractivity contribution in [1.82, 2.24) is 0 Å². The van der Waals surface area contributed by atoms with E-state index in [9.17, 15) is 14.4 Å². The SMILES string of the molecule is O=C(c1cccs1)[C@@H]1[C@H]2C(=O)N(c3ccc(Cl)cc3)C(=O)[C@H]2[C@@H]2CCC[NH+]12. The Morgan fingerprint density at radius 1 is 1.11 bits per heavy atom. The summed E-state index contributed by atoms with van der Waals surface area (Å²) in [5.41, 5.74) is 0.533. The van der Waals surface area contributed by atoms with E-state index in [0.717, 1.165) is 24.3 Å². The van der Waals surface area contributed by atoms with Gasteiger partial charge in [-0.1, -0.05) is 17.7 Å². The number of quaternary nitrogens is 1. The quantitative estimate of drug-likeness (QED) is 0.630. The van der Waals surface area contributed by atoms with Crippen molar-refractivity contribution >= 4 is 46.2 Å². The van der Waals surface area contributed by atoms with Gasteiger partial charge in [0.1, 0.15) is 17.9 Å². The van der Waals surface area contributed by atoms with Crippen molar-refractivity contribution in [3.05, 3.63) is 51.7 Å². The lowest BCUT2D eigenvalue weighted by molar-refractivity contribution is -0.915. The lowest BCUT2D eigenvalue weighted by atomic mass is 9.86. The molecule has 0 spiro atoms. The van der Waals surface area contributed by atoms with Gasteiger partial charge in [0.15, 0.2) is 6.04 Å². The number of fused-ring (bicyclic) bond motifs is 3. The van der Waals surface area contributed by atoms with E-state index in [2.05, 4.69) is 0 Å². The van der Waals surface area contributed by atoms with Gasteiger partial charge in [0, 0.05) is 17.9 Å². The Kier molecular flexibility index (Phi) is 3.96. The predicted octanol–water partition coefficient (Wildman–Crippen LogP) is 1.82. The van der Waals surface area contributed by atoms with Gasteiger partial charge in [0.25, 0.3) is 0 Å². The van der Waals surface area contributed by atoms with E-state index in [1.54, 1.807) is 24.3 Å². The summed E-state index contributed by atoms with van der Waals surface area (Å²) in [7, 11) is 0. The van der Waals surface area contributed by atoms with E-state index in [-0.39, 0.29) is 23.6 Å². The molecule has 0 bridgehead atoms. The number of carbonyl (C=O) groups excluding carboxylic acids is 3. The van der Waals surface area contributed by atoms with Crippen molar-refractivity contribution in [1.29, 1.82) is 0 Å². The van der Waals surface area contributed by atoms with E-state index < -0.39 is 17.9 Å². The van der Waals surface area contributed by atoms with Gasteiger partial charge in [-0.2, -0.15) is 0 Å². The molecule has 2 aromatic rings. The fraction of sp³-hybridized carbons (Fsp3) is 0.350. The Labute approximate surface area is 165 Å². The van der Waals surface area contributed by atoms with Gasteiger partial charge in [0.2, 0.25) is 17.6 Å². The highest BCUT2D eigenvalue weighted by Crippen LogP contribution is 2.40. The average molecular weight is 402 g/mol. The molecular formula is C20H18ClN2O3S+. The second kappa shape index (κ2) is 6.26. The minimum atomic E-state index is -0.567. The summed E-state index contributed by atoms with van der Waals surface area (Å²) in [5, 5.41) is 2.42. The largest absolute Gasteiger partial charge is 0.322 e. The Morgan fingerprint density at radius 2 is 1.85 bits per heavy atom. The molecule has 27 heavy (non-hydrogen) atoms. The summed E-state index contributed by atoms with van der Waals surface area (Å²) in [6, 6.07) is 9.97. The zero-order valence-electron chi connectivity index (χ0n) is 14.4. The number of ketones is 1. The minimum Gasteiger partial charge on any atom is -0.322 e. The van der Waals surface area contributed by atoms with Crippen LogP contribution >= 0.6 is 22.9 Å². The molecule has 5 rings (SSSR count). The predicted molar refractivity (Wildman–Crippen MR) is 102 cm³/mol. The van der Waals surface area contributed by atoms with Crippen LogP contribution in [0.1, 0.15) is 22.5 Å². The molecule has 4 heterocycles. The maximum absolute atomic E-state index is 13.3. The van der Waals surface area contributed by atoms with Crippen LogP contribution in [-0.4, -0.2) is 36.2 Å². The Morgan fingerprint density at radius 3 is 2.56 bits per heavy atom. The summed E-state index contributed by atoms with van der Waals surface area (Å²) in [6.45, 7) is 0.848. The molecule has 3 aliphatic heterocycles. The zero-order chi connectivity index (χ0) is 18.7. The number of imide groups is 1. The summed E-state index contributed by atoms with van der Waals surface area (Å²) in [4.78, 5) is 42.8. The van der Waals surface area contributed by atoms with Crippen LogP contribution in [0.3, 0.4) is 0 Å². The number of rotatable bonds is 3. The van der Waals surface area contributed by atoms with Gasteiger partial charge in [-0.15, -0.1) is 11.3 Å². The summed E-state index contributed by atoms with van der Waals surface area (Å²) < 4.78 is 0. The molecule has 0 radical (unpaired) electrons. The number of anilines is 1. The molecular weight excluding hydrogens is 384 g/mol. The third-order valence-corrected chi connectivity index (χ3v) is 7.31. The number of hydrogen-bond acceptors (Lipinski definition) is 4. The lowest BCUT2D eigenvalue weighted by Crippen LogP contribution is -3.16. The average Bonchev–Trinajstić information content (AvgIpc) is 3.41. The second-order valence-electron chi connectivity index (χ2n) is 7.43. The number of thiophene rings is 1. The maximum atomic E-state index is 13.3. The molecule has 7 heteroatoms. The standard InChI is InChI=1S/C20H17ClN2O3S/c21-11-5-7-12(8-6-11)23-19(25)15-13-3-1-9-22(13)17(16(15)20(23)26)18(24)14-4-2-10-27-14/h2,4-8,10,13,15-17H,1,3,9H2/p+1/t13-,15-,16-,17-/m0/s1. The normalized spacial score (nSPS) is 32.0. The molecule has 0 saturated carbocycles. The van der Waals surface area contributed by atoms with Crippen molar-refractivity contribution < 1.29 is 19.3 Å². The molecule has 2 amide bonds. The first-order valence-corrected chi connectivity index (χ1v) is 10.4. The number of Topliss-reactive ketones (excluding diaryl/α,β-unsaturated/α-hetero) is 1. The van der Waals surface area contributed by atoms with Crippen LogP contribution in [0.15, 0.2) is 41.8 Å². The number of carbonyl (C=O) groups is 3. The molecule has 3 saturated heterocycles. The number of halogens is 1. The highest BCUT2D eigenvalue weighted by Gasteiger charge is 2.68. The minimum absolute atomic E-state index is 0.00138. The second-order valence-corrected chi connectivity index (χ2v) is 8.82. The molecule has 5 nitrogen and oxygen atoms in total. The van der Waals surface area contributed by atoms with Gasteiger partial charge >= 0.3 is 0 Å². The molecule has 3 aliphatic rings. The number of nitrogens with zero attached hydrogens (tertiary/aromatic N) is 1. The number of hydrogen-bond donors (Lipinski definition) is 1. The number of amides is 2. The van der Waals surface area contributed by atoms with E-state index >= 15 is 0 Å². The summed E-state index contributed by atoms with van der Waals surface area (Å²) >= 11 is 7.35. The van der Waals surface area contributed by atoms with Crippen LogP contribution in [0.25, 0.3) is 0 Å². The first-order chi connectivity index (χ1) is 13.1. The van der Waals surface area contributed by atoms with Gasteiger partial charge in [-0.3, -0.25) is 14.4 Å². The summed E-state index contributed by atoms with van der Waals surface area (Å²) in [5.74, 6) is -1.39. The Bertz CT molecular complexity index is 927. The molecule has 1 unspecified atom stereocenters. The fourth-order valence-corrected chi connectivity index (χ4v) is 5.99. The lowest BCUT2D eigenvalue weighted by Gasteiger charge is -2.25. The first kappa shape index (κ1) is 17.1. The highest BCUT2D eigenvalue weighted by molar-refractivity contribution is 7.12. The maximum Gasteiger partial charge on any atom is 0.244 e. The van der Waals surface area contributed by atoms with Crippen LogP contribution in [-0.2, 0) is 9.59 Å². The van der Waals surface area contributed by atoms with Crippen LogP contribution in [0.5, 0.6) is 0 Å². The van der Waals surface area contributed by atoms with Crippen LogP contribution in [0.4, 0.5) is 5.69 Å². The molecule has 5 atom stereocenters. The molecule has 3 fully saturated rings. The zero-order valence-corrected chi connectivity index (χ0v) is 16.0. The van der Waals surface area contributed by atoms with Crippen molar-refractivity contribution in [2.75, 3.05) is 11.4 Å². The molecule has 1 aromatic heterocycles. The van der Waals surface area contributed by atoms with Crippen LogP contribution in [0, 0.1) is 11.8 Å². The first-order valence-electron chi connectivity index (χ1n) is 9.14. The molecule has 1 N–H and O–H groups in total. The third-order valence-electron chi connectivity index (χ3n) is 6.18. The third kappa shape index (κ3) is 2.43. The van der Waals surface area contributed by atoms with Gasteiger partial charge < -0.3 is 4.90 Å². The fourth-order valence-electron chi connectivity index (χ4n) is 5.16. The highest BCUT2D eigenvalue weighted by atomic mass is 35.5. The van der Waals surface area contributed by atoms with E-state index in [0.29, 0.717) is 15.6 Å². The van der Waals surface area contributed by atoms with Gasteiger partial charge in [0.05, 0.1) is 17.1 Å². The van der Waals surface area contributed by atoms with Gasteiger partial charge in [-0.25, -0.2) is 4.90 Å². The van der Waals surface area contributed by atoms with E-state index in [1.807, 2.05) is 17.5 Å². The smallest absolute Gasteiger partial charge is 0.244 e.